The van der Waals surface area contributed by atoms with E-state index in [2.05, 4.69) is 16.7 Å². The van der Waals surface area contributed by atoms with Crippen molar-refractivity contribution in [2.75, 3.05) is 13.7 Å². The maximum Gasteiger partial charge on any atom is 0.175 e. The zero-order chi connectivity index (χ0) is 25.9. The van der Waals surface area contributed by atoms with Crippen LogP contribution in [0, 0.1) is 0 Å². The number of aromatic nitrogens is 5. The average molecular weight is 490 g/mol. The number of aliphatic hydroxyl groups is 2. The van der Waals surface area contributed by atoms with Crippen LogP contribution in [0.2, 0.25) is 0 Å². The number of benzene rings is 1. The summed E-state index contributed by atoms with van der Waals surface area (Å²) in [7, 11) is 1.59. The molecular weight excluding hydrogens is 458 g/mol. The van der Waals surface area contributed by atoms with Gasteiger partial charge in [-0.15, -0.1) is 6.58 Å². The van der Waals surface area contributed by atoms with E-state index >= 15 is 0 Å². The van der Waals surface area contributed by atoms with Crippen molar-refractivity contribution in [3.63, 3.8) is 0 Å². The number of Topliss-reactive ketones (excluding diaryl/α,β-unsaturated/α-hetero) is 1. The summed E-state index contributed by atoms with van der Waals surface area (Å²) in [5, 5.41) is 29.2. The van der Waals surface area contributed by atoms with Gasteiger partial charge < -0.3 is 14.9 Å². The Morgan fingerprint density at radius 2 is 2.17 bits per heavy atom. The van der Waals surface area contributed by atoms with Crippen molar-refractivity contribution in [1.82, 2.24) is 24.4 Å². The third-order valence-corrected chi connectivity index (χ3v) is 6.18. The molecule has 0 bridgehead atoms. The second-order valence-electron chi connectivity index (χ2n) is 9.08. The predicted molar refractivity (Wildman–Crippen MR) is 136 cm³/mol. The van der Waals surface area contributed by atoms with E-state index in [0.717, 1.165) is 11.1 Å². The van der Waals surface area contributed by atoms with Gasteiger partial charge in [0.1, 0.15) is 11.4 Å². The number of hydrogen-bond acceptors (Lipinski definition) is 7. The van der Waals surface area contributed by atoms with Crippen molar-refractivity contribution in [2.45, 2.75) is 44.8 Å². The Hall–Kier alpha value is -3.82. The van der Waals surface area contributed by atoms with Gasteiger partial charge in [-0.05, 0) is 43.5 Å². The Balaban J connectivity index is 1.88. The highest BCUT2D eigenvalue weighted by atomic mass is 16.5. The molecule has 0 aliphatic heterocycles. The van der Waals surface area contributed by atoms with E-state index in [1.165, 1.54) is 6.92 Å². The van der Waals surface area contributed by atoms with Crippen molar-refractivity contribution in [2.24, 2.45) is 0 Å². The lowest BCUT2D eigenvalue weighted by molar-refractivity contribution is -0.0145. The molecule has 3 heterocycles. The van der Waals surface area contributed by atoms with Crippen molar-refractivity contribution < 1.29 is 19.7 Å². The second-order valence-corrected chi connectivity index (χ2v) is 9.08. The van der Waals surface area contributed by atoms with Crippen LogP contribution in [0.15, 0.2) is 61.7 Å². The van der Waals surface area contributed by atoms with Gasteiger partial charge in [0.2, 0.25) is 0 Å². The predicted octanol–water partition coefficient (Wildman–Crippen LogP) is 3.45. The molecule has 4 rings (SSSR count). The van der Waals surface area contributed by atoms with Crippen LogP contribution >= 0.6 is 0 Å². The monoisotopic (exact) mass is 489 g/mol. The van der Waals surface area contributed by atoms with E-state index in [9.17, 15) is 15.0 Å². The van der Waals surface area contributed by atoms with Crippen LogP contribution in [-0.2, 0) is 13.0 Å². The first-order chi connectivity index (χ1) is 17.3. The Bertz CT molecular complexity index is 1390. The van der Waals surface area contributed by atoms with Crippen molar-refractivity contribution in [3.05, 3.63) is 78.4 Å². The lowest BCUT2D eigenvalue weighted by Crippen LogP contribution is -2.34. The van der Waals surface area contributed by atoms with Gasteiger partial charge in [-0.1, -0.05) is 19.1 Å². The van der Waals surface area contributed by atoms with Crippen LogP contribution in [0.4, 0.5) is 0 Å². The molecule has 0 saturated carbocycles. The summed E-state index contributed by atoms with van der Waals surface area (Å²) in [6.07, 6.45) is 9.68. The molecule has 0 fully saturated rings. The zero-order valence-electron chi connectivity index (χ0n) is 20.8. The number of ketones is 1. The number of rotatable bonds is 11. The molecule has 1 aromatic carbocycles. The topological polar surface area (TPSA) is 115 Å². The standard InChI is InChI=1S/C27H31N5O4/c1-5-8-18-9-10-23(36-4)20(13-18)24-22(15-31(30-24)16-27(3,35)17-33)19(6-2)25(34)21-14-29-32-12-7-11-28-26(21)32/h5,7,9-15,19,33,35H,1,6,8,16-17H2,2-4H3. The van der Waals surface area contributed by atoms with Gasteiger partial charge in [0, 0.05) is 29.7 Å². The third-order valence-electron chi connectivity index (χ3n) is 6.18. The van der Waals surface area contributed by atoms with Crippen LogP contribution in [0.3, 0.4) is 0 Å². The first-order valence-corrected chi connectivity index (χ1v) is 11.8. The van der Waals surface area contributed by atoms with Gasteiger partial charge >= 0.3 is 0 Å². The van der Waals surface area contributed by atoms with E-state index in [4.69, 9.17) is 9.84 Å². The highest BCUT2D eigenvalue weighted by Gasteiger charge is 2.31. The van der Waals surface area contributed by atoms with Gasteiger partial charge in [0.05, 0.1) is 43.6 Å². The summed E-state index contributed by atoms with van der Waals surface area (Å²) in [4.78, 5) is 18.2. The Morgan fingerprint density at radius 3 is 2.86 bits per heavy atom. The van der Waals surface area contributed by atoms with Gasteiger partial charge in [-0.25, -0.2) is 9.50 Å². The summed E-state index contributed by atoms with van der Waals surface area (Å²) in [5.74, 6) is -0.0547. The van der Waals surface area contributed by atoms with Crippen LogP contribution < -0.4 is 4.74 Å². The SMILES string of the molecule is C=CCc1ccc(OC)c(-c2nn(CC(C)(O)CO)cc2C(CC)C(=O)c2cnn3cccnc23)c1. The number of hydrogen-bond donors (Lipinski definition) is 2. The fourth-order valence-corrected chi connectivity index (χ4v) is 4.35. The lowest BCUT2D eigenvalue weighted by atomic mass is 9.87. The summed E-state index contributed by atoms with van der Waals surface area (Å²) in [6, 6.07) is 7.57. The maximum absolute atomic E-state index is 13.8. The maximum atomic E-state index is 13.8. The molecule has 188 valence electrons. The molecule has 2 unspecified atom stereocenters. The number of ether oxygens (including phenoxy) is 1. The highest BCUT2D eigenvalue weighted by molar-refractivity contribution is 6.06. The van der Waals surface area contributed by atoms with E-state index in [0.29, 0.717) is 41.1 Å². The number of carbonyl (C=O) groups is 1. The minimum absolute atomic E-state index is 0.0497. The summed E-state index contributed by atoms with van der Waals surface area (Å²) in [5.41, 5.74) is 2.57. The van der Waals surface area contributed by atoms with Gasteiger partial charge in [0.25, 0.3) is 0 Å². The molecular formula is C27H31N5O4. The molecule has 3 aromatic heterocycles. The number of carbonyl (C=O) groups excluding carboxylic acids is 1. The van der Waals surface area contributed by atoms with Gasteiger partial charge in [0.15, 0.2) is 11.4 Å². The molecule has 0 amide bonds. The fourth-order valence-electron chi connectivity index (χ4n) is 4.35. The normalized spacial score (nSPS) is 13.9. The Kier molecular flexibility index (Phi) is 7.32. The number of methoxy groups -OCH3 is 1. The van der Waals surface area contributed by atoms with Crippen molar-refractivity contribution in [3.8, 4) is 17.0 Å². The van der Waals surface area contributed by atoms with E-state index in [1.54, 1.807) is 47.2 Å². The number of allylic oxidation sites excluding steroid dienone is 1. The Labute approximate surface area is 209 Å². The van der Waals surface area contributed by atoms with Crippen LogP contribution in [0.5, 0.6) is 5.75 Å². The summed E-state index contributed by atoms with van der Waals surface area (Å²) in [6.45, 7) is 6.93. The minimum Gasteiger partial charge on any atom is -0.496 e. The van der Waals surface area contributed by atoms with E-state index in [-0.39, 0.29) is 12.3 Å². The van der Waals surface area contributed by atoms with Crippen LogP contribution in [-0.4, -0.2) is 59.7 Å². The van der Waals surface area contributed by atoms with Gasteiger partial charge in [-0.3, -0.25) is 9.48 Å². The average Bonchev–Trinajstić information content (AvgIpc) is 3.48. The second kappa shape index (κ2) is 10.4. The molecule has 0 aliphatic rings. The van der Waals surface area contributed by atoms with Crippen LogP contribution in [0.1, 0.15) is 47.7 Å². The molecule has 2 N–H and O–H groups in total. The first kappa shape index (κ1) is 25.3. The Morgan fingerprint density at radius 1 is 1.36 bits per heavy atom. The van der Waals surface area contributed by atoms with Crippen LogP contribution in [0.25, 0.3) is 16.9 Å². The molecule has 0 saturated heterocycles. The number of nitrogens with zero attached hydrogens (tertiary/aromatic N) is 5. The van der Waals surface area contributed by atoms with Crippen molar-refractivity contribution >= 4 is 11.4 Å². The first-order valence-electron chi connectivity index (χ1n) is 11.8. The highest BCUT2D eigenvalue weighted by Crippen LogP contribution is 2.38. The molecule has 0 aliphatic carbocycles. The minimum atomic E-state index is -1.38. The van der Waals surface area contributed by atoms with E-state index < -0.39 is 18.1 Å². The number of aliphatic hydroxyl groups excluding tert-OH is 1. The largest absolute Gasteiger partial charge is 0.496 e. The molecule has 0 spiro atoms. The molecule has 2 atom stereocenters. The number of fused-ring (bicyclic) bond motifs is 1. The van der Waals surface area contributed by atoms with E-state index in [1.807, 2.05) is 31.2 Å². The van der Waals surface area contributed by atoms with Crippen molar-refractivity contribution in [1.29, 1.82) is 0 Å². The fraction of sp³-hybridized carbons (Fsp3) is 0.333. The summed E-state index contributed by atoms with van der Waals surface area (Å²) >= 11 is 0. The zero-order valence-corrected chi connectivity index (χ0v) is 20.8. The molecule has 36 heavy (non-hydrogen) atoms. The molecule has 9 heteroatoms. The molecule has 4 aromatic rings. The molecule has 0 radical (unpaired) electrons. The quantitative estimate of drug-likeness (QED) is 0.245. The van der Waals surface area contributed by atoms with Gasteiger partial charge in [-0.2, -0.15) is 10.2 Å². The smallest absolute Gasteiger partial charge is 0.175 e. The third kappa shape index (κ3) is 4.93. The molecule has 9 nitrogen and oxygen atoms in total. The summed E-state index contributed by atoms with van der Waals surface area (Å²) < 4.78 is 8.80. The lowest BCUT2D eigenvalue weighted by Gasteiger charge is -2.19.